The van der Waals surface area contributed by atoms with Crippen molar-refractivity contribution in [3.8, 4) is 11.8 Å². The molecule has 1 aromatic carbocycles. The van der Waals surface area contributed by atoms with Crippen LogP contribution >= 0.6 is 0 Å². The number of methoxy groups -OCH3 is 1. The van der Waals surface area contributed by atoms with Gasteiger partial charge in [-0.05, 0) is 30.9 Å². The number of nitrogens with zero attached hydrogens (tertiary/aromatic N) is 2. The van der Waals surface area contributed by atoms with Gasteiger partial charge < -0.3 is 14.7 Å². The highest BCUT2D eigenvalue weighted by molar-refractivity contribution is 5.62. The van der Waals surface area contributed by atoms with E-state index in [1.54, 1.807) is 13.2 Å². The van der Waals surface area contributed by atoms with Gasteiger partial charge in [0.05, 0.1) is 18.4 Å². The Bertz CT molecular complexity index is 446. The third-order valence-electron chi connectivity index (χ3n) is 3.54. The number of aliphatic hydroxyl groups excluding tert-OH is 1. The molecule has 0 amide bonds. The number of ether oxygens (including phenoxy) is 1. The van der Waals surface area contributed by atoms with E-state index in [0.29, 0.717) is 11.5 Å². The zero-order chi connectivity index (χ0) is 13.0. The normalized spacial score (nSPS) is 16.4. The summed E-state index contributed by atoms with van der Waals surface area (Å²) in [5, 5.41) is 18.3. The second kappa shape index (κ2) is 5.74. The predicted molar refractivity (Wildman–Crippen MR) is 69.7 cm³/mol. The van der Waals surface area contributed by atoms with Crippen molar-refractivity contribution in [1.29, 1.82) is 5.26 Å². The molecule has 1 fully saturated rings. The van der Waals surface area contributed by atoms with E-state index in [1.165, 1.54) is 0 Å². The zero-order valence-electron chi connectivity index (χ0n) is 10.6. The molecule has 0 atom stereocenters. The minimum atomic E-state index is 0.261. The Labute approximate surface area is 107 Å². The van der Waals surface area contributed by atoms with Crippen molar-refractivity contribution in [2.75, 3.05) is 31.7 Å². The van der Waals surface area contributed by atoms with E-state index in [0.717, 1.165) is 37.4 Å². The Morgan fingerprint density at radius 3 is 2.72 bits per heavy atom. The maximum absolute atomic E-state index is 9.15. The second-order valence-electron chi connectivity index (χ2n) is 4.61. The topological polar surface area (TPSA) is 56.5 Å². The van der Waals surface area contributed by atoms with Gasteiger partial charge in [0.1, 0.15) is 11.8 Å². The molecule has 1 aliphatic heterocycles. The van der Waals surface area contributed by atoms with Crippen LogP contribution in [0.15, 0.2) is 18.2 Å². The van der Waals surface area contributed by atoms with E-state index in [9.17, 15) is 0 Å². The lowest BCUT2D eigenvalue weighted by Crippen LogP contribution is -2.35. The van der Waals surface area contributed by atoms with E-state index in [-0.39, 0.29) is 6.61 Å². The Balaban J connectivity index is 2.20. The van der Waals surface area contributed by atoms with E-state index in [2.05, 4.69) is 11.0 Å². The molecule has 1 aromatic rings. The van der Waals surface area contributed by atoms with Crippen LogP contribution in [0.3, 0.4) is 0 Å². The van der Waals surface area contributed by atoms with Crippen LogP contribution in [0, 0.1) is 17.2 Å². The molecule has 1 N–H and O–H groups in total. The van der Waals surface area contributed by atoms with Crippen LogP contribution in [0.5, 0.6) is 5.75 Å². The summed E-state index contributed by atoms with van der Waals surface area (Å²) in [4.78, 5) is 2.20. The van der Waals surface area contributed by atoms with Crippen molar-refractivity contribution >= 4 is 5.69 Å². The molecular formula is C14H18N2O2. The molecular weight excluding hydrogens is 228 g/mol. The maximum atomic E-state index is 9.15. The summed E-state index contributed by atoms with van der Waals surface area (Å²) in [6.45, 7) is 2.03. The number of piperidine rings is 1. The Hall–Kier alpha value is -1.73. The highest BCUT2D eigenvalue weighted by Gasteiger charge is 2.20. The van der Waals surface area contributed by atoms with Gasteiger partial charge >= 0.3 is 0 Å². The molecule has 1 heterocycles. The lowest BCUT2D eigenvalue weighted by molar-refractivity contribution is 0.203. The molecule has 1 saturated heterocycles. The summed E-state index contributed by atoms with van der Waals surface area (Å²) in [7, 11) is 1.63. The van der Waals surface area contributed by atoms with E-state index in [4.69, 9.17) is 15.1 Å². The van der Waals surface area contributed by atoms with Crippen LogP contribution in [0.4, 0.5) is 5.69 Å². The van der Waals surface area contributed by atoms with Gasteiger partial charge in [-0.3, -0.25) is 0 Å². The number of hydrogen-bond acceptors (Lipinski definition) is 4. The molecule has 1 aliphatic rings. The average Bonchev–Trinajstić information content (AvgIpc) is 2.46. The average molecular weight is 246 g/mol. The lowest BCUT2D eigenvalue weighted by Gasteiger charge is -2.33. The summed E-state index contributed by atoms with van der Waals surface area (Å²) in [5.41, 5.74) is 1.62. The van der Waals surface area contributed by atoms with E-state index < -0.39 is 0 Å². The molecule has 96 valence electrons. The van der Waals surface area contributed by atoms with Gasteiger partial charge in [-0.25, -0.2) is 0 Å². The number of aliphatic hydroxyl groups is 1. The largest absolute Gasteiger partial charge is 0.497 e. The number of hydrogen-bond donors (Lipinski definition) is 1. The standard InChI is InChI=1S/C14H18N2O2/c1-18-13-3-2-12(9-15)14(8-13)16-6-4-11(10-17)5-7-16/h2-3,8,11,17H,4-7,10H2,1H3. The summed E-state index contributed by atoms with van der Waals surface area (Å²) in [6, 6.07) is 7.74. The molecule has 0 aromatic heterocycles. The molecule has 0 unspecified atom stereocenters. The zero-order valence-corrected chi connectivity index (χ0v) is 10.6. The quantitative estimate of drug-likeness (QED) is 0.883. The fraction of sp³-hybridized carbons (Fsp3) is 0.500. The Morgan fingerprint density at radius 2 is 2.17 bits per heavy atom. The first-order chi connectivity index (χ1) is 8.78. The smallest absolute Gasteiger partial charge is 0.121 e. The molecule has 0 aliphatic carbocycles. The summed E-state index contributed by atoms with van der Waals surface area (Å²) in [6.07, 6.45) is 1.94. The third kappa shape index (κ3) is 2.57. The van der Waals surface area contributed by atoms with Gasteiger partial charge in [0, 0.05) is 25.8 Å². The first-order valence-electron chi connectivity index (χ1n) is 6.22. The maximum Gasteiger partial charge on any atom is 0.121 e. The van der Waals surface area contributed by atoms with Crippen molar-refractivity contribution in [1.82, 2.24) is 0 Å². The van der Waals surface area contributed by atoms with Crippen LogP contribution < -0.4 is 9.64 Å². The minimum Gasteiger partial charge on any atom is -0.497 e. The monoisotopic (exact) mass is 246 g/mol. The van der Waals surface area contributed by atoms with Crippen molar-refractivity contribution < 1.29 is 9.84 Å². The van der Waals surface area contributed by atoms with Gasteiger partial charge in [-0.1, -0.05) is 0 Å². The van der Waals surface area contributed by atoms with Gasteiger partial charge in [-0.15, -0.1) is 0 Å². The highest BCUT2D eigenvalue weighted by atomic mass is 16.5. The molecule has 0 bridgehead atoms. The fourth-order valence-electron chi connectivity index (χ4n) is 2.35. The number of anilines is 1. The molecule has 4 nitrogen and oxygen atoms in total. The van der Waals surface area contributed by atoms with Crippen molar-refractivity contribution in [2.24, 2.45) is 5.92 Å². The van der Waals surface area contributed by atoms with Gasteiger partial charge in [-0.2, -0.15) is 5.26 Å². The molecule has 18 heavy (non-hydrogen) atoms. The van der Waals surface area contributed by atoms with Crippen molar-refractivity contribution in [2.45, 2.75) is 12.8 Å². The Kier molecular flexibility index (Phi) is 4.06. The van der Waals surface area contributed by atoms with Crippen LogP contribution in [-0.2, 0) is 0 Å². The van der Waals surface area contributed by atoms with E-state index >= 15 is 0 Å². The number of nitriles is 1. The van der Waals surface area contributed by atoms with Crippen molar-refractivity contribution in [3.63, 3.8) is 0 Å². The van der Waals surface area contributed by atoms with Gasteiger partial charge in [0.25, 0.3) is 0 Å². The predicted octanol–water partition coefficient (Wildman–Crippen LogP) is 1.78. The Morgan fingerprint density at radius 1 is 1.44 bits per heavy atom. The lowest BCUT2D eigenvalue weighted by atomic mass is 9.97. The molecule has 0 spiro atoms. The highest BCUT2D eigenvalue weighted by Crippen LogP contribution is 2.29. The molecule has 2 rings (SSSR count). The van der Waals surface area contributed by atoms with Crippen LogP contribution in [0.25, 0.3) is 0 Å². The fourth-order valence-corrected chi connectivity index (χ4v) is 2.35. The minimum absolute atomic E-state index is 0.261. The summed E-state index contributed by atoms with van der Waals surface area (Å²) >= 11 is 0. The van der Waals surface area contributed by atoms with Crippen molar-refractivity contribution in [3.05, 3.63) is 23.8 Å². The summed E-state index contributed by atoms with van der Waals surface area (Å²) in [5.74, 6) is 1.17. The molecule has 0 saturated carbocycles. The first-order valence-corrected chi connectivity index (χ1v) is 6.22. The van der Waals surface area contributed by atoms with Crippen LogP contribution in [0.1, 0.15) is 18.4 Å². The van der Waals surface area contributed by atoms with E-state index in [1.807, 2.05) is 12.1 Å². The van der Waals surface area contributed by atoms with Gasteiger partial charge in [0.2, 0.25) is 0 Å². The first kappa shape index (κ1) is 12.7. The SMILES string of the molecule is COc1ccc(C#N)c(N2CCC(CO)CC2)c1. The molecule has 0 radical (unpaired) electrons. The third-order valence-corrected chi connectivity index (χ3v) is 3.54. The molecule has 4 heteroatoms. The van der Waals surface area contributed by atoms with Gasteiger partial charge in [0.15, 0.2) is 0 Å². The number of rotatable bonds is 3. The van der Waals surface area contributed by atoms with Crippen LogP contribution in [0.2, 0.25) is 0 Å². The van der Waals surface area contributed by atoms with Crippen LogP contribution in [-0.4, -0.2) is 31.9 Å². The second-order valence-corrected chi connectivity index (χ2v) is 4.61. The summed E-state index contributed by atoms with van der Waals surface area (Å²) < 4.78 is 5.21. The number of benzene rings is 1.